The quantitative estimate of drug-likeness (QED) is 0.766. The molecule has 1 aromatic heterocycles. The van der Waals surface area contributed by atoms with Gasteiger partial charge in [-0.15, -0.1) is 0 Å². The van der Waals surface area contributed by atoms with Crippen LogP contribution in [-0.2, 0) is 11.2 Å². The molecule has 3 N–H and O–H groups in total. The van der Waals surface area contributed by atoms with Crippen LogP contribution in [0.5, 0.6) is 0 Å². The number of hydrogen-bond acceptors (Lipinski definition) is 4. The third-order valence-electron chi connectivity index (χ3n) is 2.68. The Morgan fingerprint density at radius 2 is 2.31 bits per heavy atom. The molecule has 4 heteroatoms. The molecule has 16 heavy (non-hydrogen) atoms. The standard InChI is InChI=1S/C12H20N2O2/c1-3-4-12(16-2)11(15)7-9-8-14-6-5-10(9)13/h5-6,8,11-12,15H,3-4,7H2,1-2H3,(H2,13,14). The molecule has 0 amide bonds. The topological polar surface area (TPSA) is 68.4 Å². The van der Waals surface area contributed by atoms with Crippen molar-refractivity contribution in [3.05, 3.63) is 24.0 Å². The summed E-state index contributed by atoms with van der Waals surface area (Å²) < 4.78 is 5.25. The van der Waals surface area contributed by atoms with Crippen molar-refractivity contribution in [1.29, 1.82) is 0 Å². The molecule has 0 aliphatic carbocycles. The largest absolute Gasteiger partial charge is 0.398 e. The summed E-state index contributed by atoms with van der Waals surface area (Å²) in [6.45, 7) is 2.07. The molecule has 0 radical (unpaired) electrons. The summed E-state index contributed by atoms with van der Waals surface area (Å²) in [4.78, 5) is 4.00. The van der Waals surface area contributed by atoms with Crippen LogP contribution in [0.3, 0.4) is 0 Å². The highest BCUT2D eigenvalue weighted by Gasteiger charge is 2.19. The van der Waals surface area contributed by atoms with Crippen LogP contribution in [0.2, 0.25) is 0 Å². The number of nitrogens with two attached hydrogens (primary N) is 1. The summed E-state index contributed by atoms with van der Waals surface area (Å²) in [5.41, 5.74) is 7.33. The molecule has 0 saturated carbocycles. The van der Waals surface area contributed by atoms with Gasteiger partial charge in [0.2, 0.25) is 0 Å². The van der Waals surface area contributed by atoms with Crippen molar-refractivity contribution in [2.24, 2.45) is 0 Å². The normalized spacial score (nSPS) is 14.7. The third kappa shape index (κ3) is 3.47. The van der Waals surface area contributed by atoms with Gasteiger partial charge >= 0.3 is 0 Å². The highest BCUT2D eigenvalue weighted by atomic mass is 16.5. The van der Waals surface area contributed by atoms with Crippen LogP contribution in [0, 0.1) is 0 Å². The lowest BCUT2D eigenvalue weighted by Crippen LogP contribution is -2.30. The molecular weight excluding hydrogens is 204 g/mol. The van der Waals surface area contributed by atoms with Crippen LogP contribution in [0.4, 0.5) is 5.69 Å². The first-order valence-electron chi connectivity index (χ1n) is 5.58. The number of aliphatic hydroxyl groups excluding tert-OH is 1. The Kier molecular flexibility index (Phi) is 5.22. The molecule has 4 nitrogen and oxygen atoms in total. The van der Waals surface area contributed by atoms with Crippen LogP contribution in [0.25, 0.3) is 0 Å². The highest BCUT2D eigenvalue weighted by Crippen LogP contribution is 2.16. The number of aromatic nitrogens is 1. The summed E-state index contributed by atoms with van der Waals surface area (Å²) in [5, 5.41) is 10.0. The Balaban J connectivity index is 2.62. The molecule has 2 atom stereocenters. The molecule has 1 aromatic rings. The maximum Gasteiger partial charge on any atom is 0.0843 e. The number of rotatable bonds is 6. The smallest absolute Gasteiger partial charge is 0.0843 e. The average Bonchev–Trinajstić information content (AvgIpc) is 2.29. The number of aliphatic hydroxyl groups is 1. The molecule has 1 rings (SSSR count). The predicted molar refractivity (Wildman–Crippen MR) is 64.1 cm³/mol. The van der Waals surface area contributed by atoms with Crippen LogP contribution in [0.1, 0.15) is 25.3 Å². The van der Waals surface area contributed by atoms with E-state index >= 15 is 0 Å². The van der Waals surface area contributed by atoms with Crippen molar-refractivity contribution in [2.45, 2.75) is 38.4 Å². The van der Waals surface area contributed by atoms with Crippen molar-refractivity contribution in [1.82, 2.24) is 4.98 Å². The van der Waals surface area contributed by atoms with Gasteiger partial charge in [-0.3, -0.25) is 4.98 Å². The second-order valence-corrected chi connectivity index (χ2v) is 3.91. The van der Waals surface area contributed by atoms with Crippen LogP contribution in [0.15, 0.2) is 18.5 Å². The zero-order valence-electron chi connectivity index (χ0n) is 9.89. The SMILES string of the molecule is CCCC(OC)C(O)Cc1cnccc1N. The first-order chi connectivity index (χ1) is 7.69. The van der Waals surface area contributed by atoms with E-state index in [1.165, 1.54) is 0 Å². The zero-order chi connectivity index (χ0) is 12.0. The number of methoxy groups -OCH3 is 1. The van der Waals surface area contributed by atoms with E-state index < -0.39 is 6.10 Å². The second-order valence-electron chi connectivity index (χ2n) is 3.91. The maximum absolute atomic E-state index is 10.0. The van der Waals surface area contributed by atoms with E-state index in [9.17, 15) is 5.11 Å². The second kappa shape index (κ2) is 6.45. The van der Waals surface area contributed by atoms with Crippen LogP contribution < -0.4 is 5.73 Å². The lowest BCUT2D eigenvalue weighted by atomic mass is 10.0. The molecule has 0 bridgehead atoms. The van der Waals surface area contributed by atoms with E-state index in [1.54, 1.807) is 25.6 Å². The average molecular weight is 224 g/mol. The van der Waals surface area contributed by atoms with Crippen molar-refractivity contribution < 1.29 is 9.84 Å². The molecule has 0 aliphatic rings. The summed E-state index contributed by atoms with van der Waals surface area (Å²) in [6.07, 6.45) is 4.98. The fourth-order valence-electron chi connectivity index (χ4n) is 1.72. The van der Waals surface area contributed by atoms with Crippen LogP contribution in [-0.4, -0.2) is 29.4 Å². The first kappa shape index (κ1) is 12.9. The molecule has 0 saturated heterocycles. The Bertz CT molecular complexity index is 318. The Morgan fingerprint density at radius 1 is 1.56 bits per heavy atom. The fraction of sp³-hybridized carbons (Fsp3) is 0.583. The van der Waals surface area contributed by atoms with Gasteiger partial charge in [0.1, 0.15) is 0 Å². The van der Waals surface area contributed by atoms with Crippen molar-refractivity contribution in [2.75, 3.05) is 12.8 Å². The van der Waals surface area contributed by atoms with Gasteiger partial charge in [0, 0.05) is 31.6 Å². The summed E-state index contributed by atoms with van der Waals surface area (Å²) >= 11 is 0. The minimum atomic E-state index is -0.531. The minimum Gasteiger partial charge on any atom is -0.398 e. The fourth-order valence-corrected chi connectivity index (χ4v) is 1.72. The number of hydrogen-bond donors (Lipinski definition) is 2. The molecule has 2 unspecified atom stereocenters. The monoisotopic (exact) mass is 224 g/mol. The maximum atomic E-state index is 10.0. The summed E-state index contributed by atoms with van der Waals surface area (Å²) in [6, 6.07) is 1.74. The van der Waals surface area contributed by atoms with E-state index in [2.05, 4.69) is 11.9 Å². The van der Waals surface area contributed by atoms with Gasteiger partial charge in [-0.1, -0.05) is 13.3 Å². The van der Waals surface area contributed by atoms with Crippen LogP contribution >= 0.6 is 0 Å². The van der Waals surface area contributed by atoms with Gasteiger partial charge in [0.25, 0.3) is 0 Å². The Morgan fingerprint density at radius 3 is 2.88 bits per heavy atom. The molecule has 0 aromatic carbocycles. The highest BCUT2D eigenvalue weighted by molar-refractivity contribution is 5.44. The minimum absolute atomic E-state index is 0.135. The van der Waals surface area contributed by atoms with Crippen molar-refractivity contribution >= 4 is 5.69 Å². The molecule has 90 valence electrons. The molecule has 0 spiro atoms. The van der Waals surface area contributed by atoms with E-state index in [-0.39, 0.29) is 6.10 Å². The first-order valence-corrected chi connectivity index (χ1v) is 5.58. The molecule has 0 fully saturated rings. The number of nitrogens with zero attached hydrogens (tertiary/aromatic N) is 1. The number of anilines is 1. The van der Waals surface area contributed by atoms with Gasteiger partial charge in [-0.05, 0) is 18.1 Å². The van der Waals surface area contributed by atoms with Gasteiger partial charge in [-0.25, -0.2) is 0 Å². The lowest BCUT2D eigenvalue weighted by Gasteiger charge is -2.21. The Labute approximate surface area is 96.5 Å². The number of nitrogen functional groups attached to an aromatic ring is 1. The van der Waals surface area contributed by atoms with E-state index in [1.807, 2.05) is 0 Å². The molecule has 1 heterocycles. The van der Waals surface area contributed by atoms with E-state index in [4.69, 9.17) is 10.5 Å². The van der Waals surface area contributed by atoms with E-state index in [0.29, 0.717) is 12.1 Å². The van der Waals surface area contributed by atoms with Gasteiger partial charge in [-0.2, -0.15) is 0 Å². The summed E-state index contributed by atoms with van der Waals surface area (Å²) in [7, 11) is 1.62. The molecule has 0 aliphatic heterocycles. The third-order valence-corrected chi connectivity index (χ3v) is 2.68. The van der Waals surface area contributed by atoms with Gasteiger partial charge in [0.05, 0.1) is 12.2 Å². The van der Waals surface area contributed by atoms with Gasteiger partial charge in [0.15, 0.2) is 0 Å². The lowest BCUT2D eigenvalue weighted by molar-refractivity contribution is -0.0158. The number of ether oxygens (including phenoxy) is 1. The van der Waals surface area contributed by atoms with Crippen molar-refractivity contribution in [3.63, 3.8) is 0 Å². The van der Waals surface area contributed by atoms with Crippen molar-refractivity contribution in [3.8, 4) is 0 Å². The number of pyridine rings is 1. The molecular formula is C12H20N2O2. The zero-order valence-corrected chi connectivity index (χ0v) is 9.89. The van der Waals surface area contributed by atoms with E-state index in [0.717, 1.165) is 18.4 Å². The predicted octanol–water partition coefficient (Wildman–Crippen LogP) is 1.38. The summed E-state index contributed by atoms with van der Waals surface area (Å²) in [5.74, 6) is 0. The Hall–Kier alpha value is -1.13. The van der Waals surface area contributed by atoms with Gasteiger partial charge < -0.3 is 15.6 Å².